The smallest absolute Gasteiger partial charge is 0.244 e. The average molecular weight is 282 g/mol. The first kappa shape index (κ1) is 13.9. The third-order valence-electron chi connectivity index (χ3n) is 3.07. The first-order valence-corrected chi connectivity index (χ1v) is 7.90. The van der Waals surface area contributed by atoms with Crippen LogP contribution in [0, 0.1) is 0 Å². The quantitative estimate of drug-likeness (QED) is 0.850. The zero-order valence-electron chi connectivity index (χ0n) is 11.5. The highest BCUT2D eigenvalue weighted by Crippen LogP contribution is 2.38. The van der Waals surface area contributed by atoms with Gasteiger partial charge in [0.25, 0.3) is 0 Å². The van der Waals surface area contributed by atoms with Crippen molar-refractivity contribution in [3.63, 3.8) is 0 Å². The standard InChI is InChI=1S/C13H18N2O3S/c1-13(2,3)15-8-11(16)14-12-9(15)6-5-7-10(12)19(4,17)18/h5-7H,8H2,1-4H3,(H,14,16). The van der Waals surface area contributed by atoms with Gasteiger partial charge in [-0.05, 0) is 32.9 Å². The third-order valence-corrected chi connectivity index (χ3v) is 4.21. The molecule has 0 aliphatic carbocycles. The Hall–Kier alpha value is -1.56. The minimum atomic E-state index is -3.38. The molecule has 0 saturated carbocycles. The predicted octanol–water partition coefficient (Wildman–Crippen LogP) is 1.65. The lowest BCUT2D eigenvalue weighted by molar-refractivity contribution is -0.115. The minimum absolute atomic E-state index is 0.160. The first-order valence-electron chi connectivity index (χ1n) is 6.01. The number of nitrogens with one attached hydrogen (secondary N) is 1. The maximum absolute atomic E-state index is 11.8. The van der Waals surface area contributed by atoms with Crippen LogP contribution in [0.5, 0.6) is 0 Å². The van der Waals surface area contributed by atoms with Crippen molar-refractivity contribution in [1.82, 2.24) is 0 Å². The topological polar surface area (TPSA) is 66.5 Å². The summed E-state index contributed by atoms with van der Waals surface area (Å²) in [5.74, 6) is -0.196. The number of rotatable bonds is 1. The number of sulfone groups is 1. The van der Waals surface area contributed by atoms with E-state index in [-0.39, 0.29) is 22.9 Å². The molecule has 0 aromatic heterocycles. The van der Waals surface area contributed by atoms with Gasteiger partial charge < -0.3 is 10.2 Å². The second-order valence-electron chi connectivity index (χ2n) is 5.73. The van der Waals surface area contributed by atoms with Crippen LogP contribution < -0.4 is 10.2 Å². The van der Waals surface area contributed by atoms with Gasteiger partial charge in [0.1, 0.15) is 0 Å². The van der Waals surface area contributed by atoms with Crippen molar-refractivity contribution in [3.8, 4) is 0 Å². The molecule has 1 amide bonds. The molecule has 0 radical (unpaired) electrons. The number of carbonyl (C=O) groups excluding carboxylic acids is 1. The summed E-state index contributed by atoms with van der Waals surface area (Å²) >= 11 is 0. The summed E-state index contributed by atoms with van der Waals surface area (Å²) in [6.45, 7) is 6.19. The molecule has 1 aliphatic rings. The normalized spacial score (nSPS) is 16.0. The van der Waals surface area contributed by atoms with Crippen molar-refractivity contribution in [2.24, 2.45) is 0 Å². The van der Waals surface area contributed by atoms with E-state index in [1.165, 1.54) is 6.07 Å². The fraction of sp³-hybridized carbons (Fsp3) is 0.462. The van der Waals surface area contributed by atoms with E-state index in [2.05, 4.69) is 5.32 Å². The molecule has 104 valence electrons. The lowest BCUT2D eigenvalue weighted by atomic mass is 10.0. The van der Waals surface area contributed by atoms with Gasteiger partial charge in [-0.25, -0.2) is 8.42 Å². The molecule has 0 unspecified atom stereocenters. The van der Waals surface area contributed by atoms with Crippen LogP contribution in [-0.2, 0) is 14.6 Å². The van der Waals surface area contributed by atoms with Gasteiger partial charge in [0.05, 0.1) is 22.8 Å². The molecule has 1 aromatic rings. The fourth-order valence-electron chi connectivity index (χ4n) is 2.19. The summed E-state index contributed by atoms with van der Waals surface area (Å²) in [5.41, 5.74) is 0.869. The van der Waals surface area contributed by atoms with Gasteiger partial charge >= 0.3 is 0 Å². The molecule has 1 aromatic carbocycles. The van der Waals surface area contributed by atoms with Crippen LogP contribution in [0.2, 0.25) is 0 Å². The van der Waals surface area contributed by atoms with Gasteiger partial charge in [-0.2, -0.15) is 0 Å². The van der Waals surface area contributed by atoms with Crippen molar-refractivity contribution in [2.45, 2.75) is 31.2 Å². The highest BCUT2D eigenvalue weighted by Gasteiger charge is 2.32. The summed E-state index contributed by atoms with van der Waals surface area (Å²) < 4.78 is 23.6. The zero-order valence-corrected chi connectivity index (χ0v) is 12.3. The highest BCUT2D eigenvalue weighted by atomic mass is 32.2. The Labute approximate surface area is 113 Å². The lowest BCUT2D eigenvalue weighted by Gasteiger charge is -2.41. The molecule has 0 bridgehead atoms. The number of carbonyl (C=O) groups is 1. The van der Waals surface area contributed by atoms with Gasteiger partial charge in [0.2, 0.25) is 5.91 Å². The number of hydrogen-bond acceptors (Lipinski definition) is 4. The van der Waals surface area contributed by atoms with E-state index in [0.717, 1.165) is 11.9 Å². The molecule has 6 heteroatoms. The van der Waals surface area contributed by atoms with Crippen molar-refractivity contribution < 1.29 is 13.2 Å². The SMILES string of the molecule is CC(C)(C)N1CC(=O)Nc2c1cccc2S(C)(=O)=O. The Bertz CT molecular complexity index is 630. The van der Waals surface area contributed by atoms with E-state index >= 15 is 0 Å². The van der Waals surface area contributed by atoms with Crippen molar-refractivity contribution >= 4 is 27.1 Å². The monoisotopic (exact) mass is 282 g/mol. The van der Waals surface area contributed by atoms with E-state index in [1.54, 1.807) is 6.07 Å². The van der Waals surface area contributed by atoms with Gasteiger partial charge in [0.15, 0.2) is 9.84 Å². The third kappa shape index (κ3) is 2.58. The molecule has 1 N–H and O–H groups in total. The van der Waals surface area contributed by atoms with E-state index < -0.39 is 9.84 Å². The number of amides is 1. The Balaban J connectivity index is 2.69. The molecule has 2 rings (SSSR count). The Morgan fingerprint density at radius 3 is 2.42 bits per heavy atom. The molecular weight excluding hydrogens is 264 g/mol. The minimum Gasteiger partial charge on any atom is -0.356 e. The molecule has 0 fully saturated rings. The Morgan fingerprint density at radius 2 is 1.89 bits per heavy atom. The summed E-state index contributed by atoms with van der Waals surface area (Å²) in [7, 11) is -3.38. The van der Waals surface area contributed by atoms with Crippen LogP contribution in [0.1, 0.15) is 20.8 Å². The van der Waals surface area contributed by atoms with Crippen molar-refractivity contribution in [1.29, 1.82) is 0 Å². The second-order valence-corrected chi connectivity index (χ2v) is 7.71. The Morgan fingerprint density at radius 1 is 1.26 bits per heavy atom. The van der Waals surface area contributed by atoms with E-state index in [1.807, 2.05) is 31.7 Å². The van der Waals surface area contributed by atoms with Crippen LogP contribution in [0.3, 0.4) is 0 Å². The highest BCUT2D eigenvalue weighted by molar-refractivity contribution is 7.90. The molecule has 1 heterocycles. The number of anilines is 2. The van der Waals surface area contributed by atoms with Crippen LogP contribution in [0.25, 0.3) is 0 Å². The number of nitrogens with zero attached hydrogens (tertiary/aromatic N) is 1. The van der Waals surface area contributed by atoms with Gasteiger partial charge in [-0.3, -0.25) is 4.79 Å². The summed E-state index contributed by atoms with van der Waals surface area (Å²) in [5, 5.41) is 2.68. The van der Waals surface area contributed by atoms with Crippen LogP contribution in [-0.4, -0.2) is 32.7 Å². The van der Waals surface area contributed by atoms with Crippen LogP contribution >= 0.6 is 0 Å². The maximum Gasteiger partial charge on any atom is 0.244 e. The van der Waals surface area contributed by atoms with Gasteiger partial charge in [-0.15, -0.1) is 0 Å². The summed E-state index contributed by atoms with van der Waals surface area (Å²) in [6.07, 6.45) is 1.14. The van der Waals surface area contributed by atoms with E-state index in [0.29, 0.717) is 5.69 Å². The molecule has 0 spiro atoms. The molecule has 0 atom stereocenters. The van der Waals surface area contributed by atoms with Crippen LogP contribution in [0.15, 0.2) is 23.1 Å². The molecule has 19 heavy (non-hydrogen) atoms. The van der Waals surface area contributed by atoms with Gasteiger partial charge in [0, 0.05) is 11.8 Å². The Kier molecular flexibility index (Phi) is 3.09. The number of hydrogen-bond donors (Lipinski definition) is 1. The fourth-order valence-corrected chi connectivity index (χ4v) is 3.04. The number of benzene rings is 1. The molecule has 5 nitrogen and oxygen atoms in total. The molecule has 1 aliphatic heterocycles. The van der Waals surface area contributed by atoms with E-state index in [4.69, 9.17) is 0 Å². The van der Waals surface area contributed by atoms with Crippen molar-refractivity contribution in [2.75, 3.05) is 23.0 Å². The largest absolute Gasteiger partial charge is 0.356 e. The molecule has 0 saturated heterocycles. The van der Waals surface area contributed by atoms with Crippen molar-refractivity contribution in [3.05, 3.63) is 18.2 Å². The first-order chi connectivity index (χ1) is 8.60. The summed E-state index contributed by atoms with van der Waals surface area (Å²) in [4.78, 5) is 13.9. The van der Waals surface area contributed by atoms with Crippen LogP contribution in [0.4, 0.5) is 11.4 Å². The second kappa shape index (κ2) is 4.23. The molecular formula is C13H18N2O3S. The number of fused-ring (bicyclic) bond motifs is 1. The van der Waals surface area contributed by atoms with Gasteiger partial charge in [-0.1, -0.05) is 6.07 Å². The lowest BCUT2D eigenvalue weighted by Crippen LogP contribution is -2.49. The predicted molar refractivity (Wildman–Crippen MR) is 75.3 cm³/mol. The summed E-state index contributed by atoms with van der Waals surface area (Å²) in [6, 6.07) is 5.04. The number of para-hydroxylation sites is 1. The maximum atomic E-state index is 11.8. The average Bonchev–Trinajstić information content (AvgIpc) is 2.24. The van der Waals surface area contributed by atoms with E-state index in [9.17, 15) is 13.2 Å². The zero-order chi connectivity index (χ0) is 14.4.